The minimum absolute atomic E-state index is 0.840. The van der Waals surface area contributed by atoms with E-state index in [0.29, 0.717) is 0 Å². The fraction of sp³-hybridized carbons (Fsp3) is 0.333. The van der Waals surface area contributed by atoms with Crippen molar-refractivity contribution >= 4 is 0 Å². The fourth-order valence-electron chi connectivity index (χ4n) is 3.24. The molecule has 6 heteroatoms. The van der Waals surface area contributed by atoms with E-state index >= 15 is 0 Å². The Morgan fingerprint density at radius 2 is 1.48 bits per heavy atom. The van der Waals surface area contributed by atoms with Crippen LogP contribution in [0.1, 0.15) is 16.7 Å². The van der Waals surface area contributed by atoms with Crippen LogP contribution in [-0.4, -0.2) is 46.0 Å². The molecule has 0 saturated carbocycles. The Morgan fingerprint density at radius 1 is 0.852 bits per heavy atom. The third-order valence-electron chi connectivity index (χ3n) is 4.81. The van der Waals surface area contributed by atoms with Crippen LogP contribution in [-0.2, 0) is 24.4 Å². The minimum atomic E-state index is 0.840. The standard InChI is InChI=1S/C21H25N5O/c1-3-20(15-25-9-11-27-12-10-25)4-2-18(1)13-22-14-19-5-7-21(8-6-19)26-17-23-16-24-26/h1-8,16-17,22H,9-15H2. The van der Waals surface area contributed by atoms with Crippen LogP contribution in [0.4, 0.5) is 0 Å². The molecule has 6 nitrogen and oxygen atoms in total. The van der Waals surface area contributed by atoms with Gasteiger partial charge in [0.2, 0.25) is 0 Å². The average Bonchev–Trinajstić information content (AvgIpc) is 3.26. The number of hydrogen-bond donors (Lipinski definition) is 1. The Bertz CT molecular complexity index is 809. The van der Waals surface area contributed by atoms with Gasteiger partial charge in [0.25, 0.3) is 0 Å². The number of benzene rings is 2. The molecule has 1 aliphatic heterocycles. The SMILES string of the molecule is c1ncn(-c2ccc(CNCc3ccc(CN4CCOCC4)cc3)cc2)n1. The second kappa shape index (κ2) is 8.90. The van der Waals surface area contributed by atoms with Gasteiger partial charge < -0.3 is 10.1 Å². The summed E-state index contributed by atoms with van der Waals surface area (Å²) in [5, 5.41) is 7.65. The molecule has 27 heavy (non-hydrogen) atoms. The molecule has 140 valence electrons. The first-order valence-electron chi connectivity index (χ1n) is 9.39. The van der Waals surface area contributed by atoms with E-state index in [1.54, 1.807) is 17.3 Å². The number of nitrogens with zero attached hydrogens (tertiary/aromatic N) is 4. The monoisotopic (exact) mass is 363 g/mol. The smallest absolute Gasteiger partial charge is 0.138 e. The molecule has 0 bridgehead atoms. The zero-order chi connectivity index (χ0) is 18.3. The lowest BCUT2D eigenvalue weighted by Crippen LogP contribution is -2.35. The summed E-state index contributed by atoms with van der Waals surface area (Å²) in [7, 11) is 0. The van der Waals surface area contributed by atoms with Crippen LogP contribution in [0.2, 0.25) is 0 Å². The highest BCUT2D eigenvalue weighted by molar-refractivity contribution is 5.33. The van der Waals surface area contributed by atoms with E-state index in [0.717, 1.165) is 51.6 Å². The Morgan fingerprint density at radius 3 is 2.11 bits per heavy atom. The van der Waals surface area contributed by atoms with Crippen molar-refractivity contribution in [2.45, 2.75) is 19.6 Å². The lowest BCUT2D eigenvalue weighted by atomic mass is 10.1. The molecule has 0 aliphatic carbocycles. The molecule has 1 saturated heterocycles. The van der Waals surface area contributed by atoms with Gasteiger partial charge in [0.1, 0.15) is 12.7 Å². The van der Waals surface area contributed by atoms with Crippen molar-refractivity contribution in [1.82, 2.24) is 25.0 Å². The summed E-state index contributed by atoms with van der Waals surface area (Å²) >= 11 is 0. The summed E-state index contributed by atoms with van der Waals surface area (Å²) in [6, 6.07) is 17.3. The summed E-state index contributed by atoms with van der Waals surface area (Å²) in [6.45, 7) is 6.46. The van der Waals surface area contributed by atoms with Crippen molar-refractivity contribution in [3.63, 3.8) is 0 Å². The molecule has 3 aromatic rings. The van der Waals surface area contributed by atoms with Gasteiger partial charge in [-0.1, -0.05) is 36.4 Å². The summed E-state index contributed by atoms with van der Waals surface area (Å²) in [5.41, 5.74) is 4.94. The van der Waals surface area contributed by atoms with Gasteiger partial charge in [0.15, 0.2) is 0 Å². The third-order valence-corrected chi connectivity index (χ3v) is 4.81. The topological polar surface area (TPSA) is 55.2 Å². The van der Waals surface area contributed by atoms with Crippen molar-refractivity contribution < 1.29 is 4.74 Å². The van der Waals surface area contributed by atoms with Gasteiger partial charge in [-0.3, -0.25) is 4.90 Å². The van der Waals surface area contributed by atoms with Gasteiger partial charge in [0.05, 0.1) is 18.9 Å². The van der Waals surface area contributed by atoms with E-state index in [4.69, 9.17) is 4.74 Å². The Balaban J connectivity index is 1.24. The first kappa shape index (κ1) is 17.9. The number of hydrogen-bond acceptors (Lipinski definition) is 5. The summed E-state index contributed by atoms with van der Waals surface area (Å²) in [6.07, 6.45) is 3.25. The van der Waals surface area contributed by atoms with E-state index in [2.05, 4.69) is 68.8 Å². The van der Waals surface area contributed by atoms with Gasteiger partial charge in [-0.2, -0.15) is 5.10 Å². The molecular formula is C21H25N5O. The van der Waals surface area contributed by atoms with Crippen molar-refractivity contribution in [3.05, 3.63) is 77.9 Å². The molecule has 0 atom stereocenters. The normalized spacial score (nSPS) is 15.1. The molecule has 0 unspecified atom stereocenters. The predicted octanol–water partition coefficient (Wildman–Crippen LogP) is 2.39. The number of aromatic nitrogens is 3. The maximum atomic E-state index is 5.41. The van der Waals surface area contributed by atoms with Crippen molar-refractivity contribution in [1.29, 1.82) is 0 Å². The Hall–Kier alpha value is -2.54. The molecule has 2 heterocycles. The molecule has 0 spiro atoms. The quantitative estimate of drug-likeness (QED) is 0.699. The van der Waals surface area contributed by atoms with Crippen LogP contribution in [0.3, 0.4) is 0 Å². The van der Waals surface area contributed by atoms with Gasteiger partial charge >= 0.3 is 0 Å². The van der Waals surface area contributed by atoms with Gasteiger partial charge in [-0.15, -0.1) is 0 Å². The molecule has 0 amide bonds. The van der Waals surface area contributed by atoms with E-state index < -0.39 is 0 Å². The maximum Gasteiger partial charge on any atom is 0.138 e. The summed E-state index contributed by atoms with van der Waals surface area (Å²) < 4.78 is 7.17. The van der Waals surface area contributed by atoms with Crippen molar-refractivity contribution in [2.75, 3.05) is 26.3 Å². The van der Waals surface area contributed by atoms with Gasteiger partial charge in [0, 0.05) is 32.7 Å². The largest absolute Gasteiger partial charge is 0.379 e. The lowest BCUT2D eigenvalue weighted by molar-refractivity contribution is 0.0342. The lowest BCUT2D eigenvalue weighted by Gasteiger charge is -2.26. The summed E-state index contributed by atoms with van der Waals surface area (Å²) in [4.78, 5) is 6.42. The van der Waals surface area contributed by atoms with E-state index in [9.17, 15) is 0 Å². The van der Waals surface area contributed by atoms with Crippen molar-refractivity contribution in [2.24, 2.45) is 0 Å². The van der Waals surface area contributed by atoms with Crippen LogP contribution < -0.4 is 5.32 Å². The van der Waals surface area contributed by atoms with Gasteiger partial charge in [-0.05, 0) is 28.8 Å². The molecular weight excluding hydrogens is 338 g/mol. The molecule has 1 fully saturated rings. The average molecular weight is 363 g/mol. The highest BCUT2D eigenvalue weighted by Gasteiger charge is 2.10. The molecule has 1 aromatic heterocycles. The van der Waals surface area contributed by atoms with Crippen LogP contribution in [0.5, 0.6) is 0 Å². The van der Waals surface area contributed by atoms with Crippen LogP contribution in [0.15, 0.2) is 61.2 Å². The Labute approximate surface area is 159 Å². The van der Waals surface area contributed by atoms with Crippen molar-refractivity contribution in [3.8, 4) is 5.69 Å². The highest BCUT2D eigenvalue weighted by atomic mass is 16.5. The summed E-state index contributed by atoms with van der Waals surface area (Å²) in [5.74, 6) is 0. The van der Waals surface area contributed by atoms with Crippen LogP contribution >= 0.6 is 0 Å². The van der Waals surface area contributed by atoms with Gasteiger partial charge in [-0.25, -0.2) is 9.67 Å². The first-order valence-corrected chi connectivity index (χ1v) is 9.39. The van der Waals surface area contributed by atoms with E-state index in [1.807, 2.05) is 0 Å². The number of morpholine rings is 1. The molecule has 2 aromatic carbocycles. The van der Waals surface area contributed by atoms with Crippen LogP contribution in [0.25, 0.3) is 5.69 Å². The number of rotatable bonds is 7. The molecule has 1 aliphatic rings. The number of nitrogens with one attached hydrogen (secondary N) is 1. The molecule has 4 rings (SSSR count). The molecule has 1 N–H and O–H groups in total. The second-order valence-corrected chi connectivity index (χ2v) is 6.82. The predicted molar refractivity (Wildman–Crippen MR) is 104 cm³/mol. The zero-order valence-electron chi connectivity index (χ0n) is 15.4. The van der Waals surface area contributed by atoms with E-state index in [-0.39, 0.29) is 0 Å². The number of ether oxygens (including phenoxy) is 1. The second-order valence-electron chi connectivity index (χ2n) is 6.82. The first-order chi connectivity index (χ1) is 13.4. The third kappa shape index (κ3) is 5.01. The Kier molecular flexibility index (Phi) is 5.89. The maximum absolute atomic E-state index is 5.41. The molecule has 0 radical (unpaired) electrons. The van der Waals surface area contributed by atoms with Crippen LogP contribution in [0, 0.1) is 0 Å². The van der Waals surface area contributed by atoms with E-state index in [1.165, 1.54) is 16.7 Å². The minimum Gasteiger partial charge on any atom is -0.379 e. The zero-order valence-corrected chi connectivity index (χ0v) is 15.4. The highest BCUT2D eigenvalue weighted by Crippen LogP contribution is 2.11. The fourth-order valence-corrected chi connectivity index (χ4v) is 3.24.